The number of nitrogens with one attached hydrogen (secondary N) is 1. The Hall–Kier alpha value is -1.68. The van der Waals surface area contributed by atoms with Gasteiger partial charge in [-0.3, -0.25) is 4.79 Å². The molecule has 3 nitrogen and oxygen atoms in total. The molecule has 0 spiro atoms. The standard InChI is InChI=1S/C15H18N2OS/c1-11(2)8-9-14(18)17-15-16-13(10-19-15)12-6-4-3-5-7-12/h3-7,10-11H,8-9H2,1-2H3,(H,16,17,18). The second kappa shape index (κ2) is 6.48. The molecule has 1 aromatic heterocycles. The van der Waals surface area contributed by atoms with Crippen LogP contribution >= 0.6 is 11.3 Å². The Morgan fingerprint density at radius 1 is 1.32 bits per heavy atom. The lowest BCUT2D eigenvalue weighted by Crippen LogP contribution is -2.11. The number of hydrogen-bond acceptors (Lipinski definition) is 3. The van der Waals surface area contributed by atoms with Gasteiger partial charge in [0.15, 0.2) is 5.13 Å². The Morgan fingerprint density at radius 2 is 2.05 bits per heavy atom. The van der Waals surface area contributed by atoms with Crippen molar-refractivity contribution >= 4 is 22.4 Å². The molecule has 0 unspecified atom stereocenters. The van der Waals surface area contributed by atoms with Crippen LogP contribution in [0.25, 0.3) is 11.3 Å². The van der Waals surface area contributed by atoms with E-state index in [-0.39, 0.29) is 5.91 Å². The third-order valence-corrected chi connectivity index (χ3v) is 3.53. The van der Waals surface area contributed by atoms with Crippen LogP contribution in [0, 0.1) is 5.92 Å². The van der Waals surface area contributed by atoms with Crippen molar-refractivity contribution in [3.63, 3.8) is 0 Å². The van der Waals surface area contributed by atoms with Gasteiger partial charge in [-0.05, 0) is 12.3 Å². The Balaban J connectivity index is 1.96. The minimum absolute atomic E-state index is 0.0441. The summed E-state index contributed by atoms with van der Waals surface area (Å²) in [7, 11) is 0. The maximum absolute atomic E-state index is 11.7. The maximum atomic E-state index is 11.7. The van der Waals surface area contributed by atoms with Crippen molar-refractivity contribution in [2.45, 2.75) is 26.7 Å². The molecule has 0 fully saturated rings. The van der Waals surface area contributed by atoms with Gasteiger partial charge in [-0.25, -0.2) is 4.98 Å². The van der Waals surface area contributed by atoms with E-state index in [0.717, 1.165) is 17.7 Å². The first-order valence-corrected chi connectivity index (χ1v) is 7.34. The van der Waals surface area contributed by atoms with Crippen molar-refractivity contribution in [2.24, 2.45) is 5.92 Å². The van der Waals surface area contributed by atoms with Gasteiger partial charge < -0.3 is 5.32 Å². The second-order valence-electron chi connectivity index (χ2n) is 4.88. The summed E-state index contributed by atoms with van der Waals surface area (Å²) < 4.78 is 0. The summed E-state index contributed by atoms with van der Waals surface area (Å²) >= 11 is 1.46. The first-order chi connectivity index (χ1) is 9.15. The average molecular weight is 274 g/mol. The van der Waals surface area contributed by atoms with Crippen LogP contribution in [0.2, 0.25) is 0 Å². The predicted octanol–water partition coefficient (Wildman–Crippen LogP) is 4.18. The number of benzene rings is 1. The SMILES string of the molecule is CC(C)CCC(=O)Nc1nc(-c2ccccc2)cs1. The van der Waals surface area contributed by atoms with Crippen LogP contribution in [0.5, 0.6) is 0 Å². The molecule has 1 heterocycles. The van der Waals surface area contributed by atoms with Crippen LogP contribution in [-0.4, -0.2) is 10.9 Å². The summed E-state index contributed by atoms with van der Waals surface area (Å²) in [5, 5.41) is 5.50. The van der Waals surface area contributed by atoms with E-state index < -0.39 is 0 Å². The van der Waals surface area contributed by atoms with Crippen molar-refractivity contribution in [3.05, 3.63) is 35.7 Å². The molecule has 2 rings (SSSR count). The number of amides is 1. The van der Waals surface area contributed by atoms with Crippen molar-refractivity contribution < 1.29 is 4.79 Å². The van der Waals surface area contributed by atoms with Gasteiger partial charge in [-0.15, -0.1) is 11.3 Å². The molecule has 19 heavy (non-hydrogen) atoms. The van der Waals surface area contributed by atoms with Crippen LogP contribution in [0.15, 0.2) is 35.7 Å². The Labute approximate surface area is 117 Å². The molecule has 0 aliphatic rings. The van der Waals surface area contributed by atoms with Gasteiger partial charge in [0.1, 0.15) is 0 Å². The fourth-order valence-electron chi connectivity index (χ4n) is 1.67. The number of anilines is 1. The highest BCUT2D eigenvalue weighted by molar-refractivity contribution is 7.14. The van der Waals surface area contributed by atoms with E-state index in [1.54, 1.807) is 0 Å². The molecule has 1 aromatic carbocycles. The molecule has 0 bridgehead atoms. The Bertz CT molecular complexity index is 534. The van der Waals surface area contributed by atoms with Crippen molar-refractivity contribution in [2.75, 3.05) is 5.32 Å². The molecular weight excluding hydrogens is 256 g/mol. The van der Waals surface area contributed by atoms with Crippen LogP contribution in [0.4, 0.5) is 5.13 Å². The monoisotopic (exact) mass is 274 g/mol. The van der Waals surface area contributed by atoms with E-state index >= 15 is 0 Å². The van der Waals surface area contributed by atoms with Crippen LogP contribution < -0.4 is 5.32 Å². The highest BCUT2D eigenvalue weighted by atomic mass is 32.1. The topological polar surface area (TPSA) is 42.0 Å². The molecule has 0 radical (unpaired) electrons. The summed E-state index contributed by atoms with van der Waals surface area (Å²) in [5.41, 5.74) is 1.98. The molecule has 100 valence electrons. The number of aromatic nitrogens is 1. The summed E-state index contributed by atoms with van der Waals surface area (Å²) in [6.45, 7) is 4.23. The largest absolute Gasteiger partial charge is 0.302 e. The maximum Gasteiger partial charge on any atom is 0.226 e. The van der Waals surface area contributed by atoms with E-state index in [2.05, 4.69) is 24.1 Å². The number of hydrogen-bond donors (Lipinski definition) is 1. The fraction of sp³-hybridized carbons (Fsp3) is 0.333. The third kappa shape index (κ3) is 4.17. The van der Waals surface area contributed by atoms with Crippen molar-refractivity contribution in [3.8, 4) is 11.3 Å². The average Bonchev–Trinajstić information content (AvgIpc) is 2.86. The molecule has 0 atom stereocenters. The minimum Gasteiger partial charge on any atom is -0.302 e. The normalized spacial score (nSPS) is 10.7. The molecule has 4 heteroatoms. The van der Waals surface area contributed by atoms with Gasteiger partial charge in [0, 0.05) is 17.4 Å². The molecule has 0 aliphatic carbocycles. The van der Waals surface area contributed by atoms with Crippen LogP contribution in [-0.2, 0) is 4.79 Å². The van der Waals surface area contributed by atoms with Gasteiger partial charge in [0.05, 0.1) is 5.69 Å². The number of thiazole rings is 1. The zero-order valence-electron chi connectivity index (χ0n) is 11.2. The Kier molecular flexibility index (Phi) is 4.68. The molecule has 1 N–H and O–H groups in total. The summed E-state index contributed by atoms with van der Waals surface area (Å²) in [5.74, 6) is 0.588. The molecule has 1 amide bonds. The van der Waals surface area contributed by atoms with E-state index in [4.69, 9.17) is 0 Å². The summed E-state index contributed by atoms with van der Waals surface area (Å²) in [6, 6.07) is 9.97. The summed E-state index contributed by atoms with van der Waals surface area (Å²) in [6.07, 6.45) is 1.46. The van der Waals surface area contributed by atoms with Gasteiger partial charge >= 0.3 is 0 Å². The van der Waals surface area contributed by atoms with E-state index in [9.17, 15) is 4.79 Å². The van der Waals surface area contributed by atoms with E-state index in [1.807, 2.05) is 35.7 Å². The van der Waals surface area contributed by atoms with Crippen LogP contribution in [0.3, 0.4) is 0 Å². The molecular formula is C15H18N2OS. The number of carbonyl (C=O) groups is 1. The molecule has 2 aromatic rings. The lowest BCUT2D eigenvalue weighted by molar-refractivity contribution is -0.116. The van der Waals surface area contributed by atoms with Gasteiger partial charge in [0.2, 0.25) is 5.91 Å². The smallest absolute Gasteiger partial charge is 0.226 e. The quantitative estimate of drug-likeness (QED) is 0.888. The first kappa shape index (κ1) is 13.7. The lowest BCUT2D eigenvalue weighted by Gasteiger charge is -2.03. The van der Waals surface area contributed by atoms with Crippen molar-refractivity contribution in [1.29, 1.82) is 0 Å². The molecule has 0 aliphatic heterocycles. The summed E-state index contributed by atoms with van der Waals surface area (Å²) in [4.78, 5) is 16.2. The van der Waals surface area contributed by atoms with E-state index in [0.29, 0.717) is 17.5 Å². The third-order valence-electron chi connectivity index (χ3n) is 2.77. The van der Waals surface area contributed by atoms with Crippen LogP contribution in [0.1, 0.15) is 26.7 Å². The minimum atomic E-state index is 0.0441. The van der Waals surface area contributed by atoms with Gasteiger partial charge in [-0.1, -0.05) is 44.2 Å². The number of rotatable bonds is 5. The number of nitrogens with zero attached hydrogens (tertiary/aromatic N) is 1. The van der Waals surface area contributed by atoms with Crippen molar-refractivity contribution in [1.82, 2.24) is 4.98 Å². The zero-order chi connectivity index (χ0) is 13.7. The highest BCUT2D eigenvalue weighted by Gasteiger charge is 2.08. The predicted molar refractivity (Wildman–Crippen MR) is 80.3 cm³/mol. The first-order valence-electron chi connectivity index (χ1n) is 6.46. The Morgan fingerprint density at radius 3 is 2.74 bits per heavy atom. The lowest BCUT2D eigenvalue weighted by atomic mass is 10.1. The highest BCUT2D eigenvalue weighted by Crippen LogP contribution is 2.24. The zero-order valence-corrected chi connectivity index (χ0v) is 12.0. The van der Waals surface area contributed by atoms with Gasteiger partial charge in [-0.2, -0.15) is 0 Å². The fourth-order valence-corrected chi connectivity index (χ4v) is 2.41. The molecule has 0 saturated carbocycles. The van der Waals surface area contributed by atoms with E-state index in [1.165, 1.54) is 11.3 Å². The van der Waals surface area contributed by atoms with Gasteiger partial charge in [0.25, 0.3) is 0 Å². The second-order valence-corrected chi connectivity index (χ2v) is 5.74. The number of carbonyl (C=O) groups excluding carboxylic acids is 1. The molecule has 0 saturated heterocycles.